The van der Waals surface area contributed by atoms with Gasteiger partial charge in [0.15, 0.2) is 9.84 Å². The van der Waals surface area contributed by atoms with Gasteiger partial charge in [-0.3, -0.25) is 4.79 Å². The van der Waals surface area contributed by atoms with Crippen LogP contribution in [-0.2, 0) is 25.1 Å². The molecule has 1 saturated heterocycles. The number of nitrogens with one attached hydrogen (secondary N) is 2. The number of carbonyl (C=O) groups is 1. The van der Waals surface area contributed by atoms with Crippen molar-refractivity contribution in [3.63, 3.8) is 0 Å². The van der Waals surface area contributed by atoms with Gasteiger partial charge < -0.3 is 15.4 Å². The molecule has 116 valence electrons. The second kappa shape index (κ2) is 6.55. The Balaban J connectivity index is 2.05. The third-order valence-corrected chi connectivity index (χ3v) is 4.08. The van der Waals surface area contributed by atoms with E-state index in [0.29, 0.717) is 24.4 Å². The predicted octanol–water partition coefficient (Wildman–Crippen LogP) is 0.547. The molecule has 2 N–H and O–H groups in total. The first-order valence-corrected chi connectivity index (χ1v) is 8.84. The second-order valence-electron chi connectivity index (χ2n) is 5.27. The molecule has 1 aliphatic rings. The number of morpholine rings is 1. The fraction of sp³-hybridized carbons (Fsp3) is 0.500. The van der Waals surface area contributed by atoms with Crippen LogP contribution in [0.5, 0.6) is 0 Å². The third-order valence-electron chi connectivity index (χ3n) is 3.22. The van der Waals surface area contributed by atoms with Crippen molar-refractivity contribution in [2.45, 2.75) is 24.8 Å². The molecule has 1 heterocycles. The van der Waals surface area contributed by atoms with Crippen LogP contribution in [0.3, 0.4) is 0 Å². The van der Waals surface area contributed by atoms with Crippen molar-refractivity contribution in [3.8, 4) is 0 Å². The summed E-state index contributed by atoms with van der Waals surface area (Å²) in [5, 5.41) is 5.90. The zero-order valence-corrected chi connectivity index (χ0v) is 12.9. The topological polar surface area (TPSA) is 84.5 Å². The molecular formula is C14H20N2O4S. The summed E-state index contributed by atoms with van der Waals surface area (Å²) in [5.74, 6) is -0.226. The van der Waals surface area contributed by atoms with Gasteiger partial charge in [0.05, 0.1) is 18.5 Å². The molecule has 0 saturated carbocycles. The number of ether oxygens (including phenoxy) is 1. The lowest BCUT2D eigenvalue weighted by Crippen LogP contribution is -2.53. The maximum Gasteiger partial charge on any atom is 0.244 e. The van der Waals surface area contributed by atoms with Crippen LogP contribution in [0.4, 0.5) is 5.69 Å². The Morgan fingerprint density at radius 1 is 1.48 bits per heavy atom. The first-order chi connectivity index (χ1) is 9.85. The summed E-state index contributed by atoms with van der Waals surface area (Å²) in [5.41, 5.74) is 1.23. The highest BCUT2D eigenvalue weighted by atomic mass is 32.2. The molecule has 1 fully saturated rings. The van der Waals surface area contributed by atoms with Crippen LogP contribution in [0.15, 0.2) is 24.3 Å². The molecule has 0 bridgehead atoms. The van der Waals surface area contributed by atoms with Crippen LogP contribution >= 0.6 is 0 Å². The van der Waals surface area contributed by atoms with E-state index in [0.717, 1.165) is 0 Å². The summed E-state index contributed by atoms with van der Waals surface area (Å²) in [6.07, 6.45) is 0.987. The molecule has 1 aliphatic heterocycles. The number of rotatable bonds is 4. The Morgan fingerprint density at radius 2 is 2.24 bits per heavy atom. The summed E-state index contributed by atoms with van der Waals surface area (Å²) in [6.45, 7) is 3.07. The summed E-state index contributed by atoms with van der Waals surface area (Å²) in [4.78, 5) is 12.2. The van der Waals surface area contributed by atoms with Gasteiger partial charge in [0, 0.05) is 18.5 Å². The van der Waals surface area contributed by atoms with Crippen LogP contribution in [0.1, 0.15) is 12.5 Å². The van der Waals surface area contributed by atoms with Crippen molar-refractivity contribution in [1.82, 2.24) is 5.32 Å². The number of carbonyl (C=O) groups excluding carboxylic acids is 1. The normalized spacial score (nSPS) is 22.8. The zero-order valence-electron chi connectivity index (χ0n) is 12.1. The minimum atomic E-state index is -3.10. The average molecular weight is 312 g/mol. The zero-order chi connectivity index (χ0) is 15.5. The van der Waals surface area contributed by atoms with E-state index in [1.807, 2.05) is 6.92 Å². The summed E-state index contributed by atoms with van der Waals surface area (Å²) >= 11 is 0. The van der Waals surface area contributed by atoms with Gasteiger partial charge in [0.1, 0.15) is 6.04 Å². The van der Waals surface area contributed by atoms with Crippen LogP contribution in [0.25, 0.3) is 0 Å². The molecule has 0 radical (unpaired) electrons. The molecule has 6 nitrogen and oxygen atoms in total. The first-order valence-electron chi connectivity index (χ1n) is 6.78. The maximum absolute atomic E-state index is 12.2. The molecule has 2 rings (SSSR count). The Labute approximate surface area is 124 Å². The standard InChI is InChI=1S/C14H20N2O4S/c1-10-13(15-6-7-20-10)14(17)16-12-5-3-4-11(8-12)9-21(2,18)19/h3-5,8,10,13,15H,6-7,9H2,1-2H3,(H,16,17)/t10-,13+/m1/s1. The molecular weight excluding hydrogens is 292 g/mol. The van der Waals surface area contributed by atoms with Gasteiger partial charge in [-0.15, -0.1) is 0 Å². The monoisotopic (exact) mass is 312 g/mol. The number of hydrogen-bond donors (Lipinski definition) is 2. The lowest BCUT2D eigenvalue weighted by Gasteiger charge is -2.29. The third kappa shape index (κ3) is 4.80. The summed E-state index contributed by atoms with van der Waals surface area (Å²) < 4.78 is 28.1. The van der Waals surface area contributed by atoms with Crippen molar-refractivity contribution in [2.75, 3.05) is 24.7 Å². The van der Waals surface area contributed by atoms with Gasteiger partial charge in [-0.2, -0.15) is 0 Å². The Kier molecular flexibility index (Phi) is 4.97. The fourth-order valence-corrected chi connectivity index (χ4v) is 3.07. The smallest absolute Gasteiger partial charge is 0.244 e. The SMILES string of the molecule is C[C@H]1OCCN[C@@H]1C(=O)Nc1cccc(CS(C)(=O)=O)c1. The molecule has 0 aliphatic carbocycles. The van der Waals surface area contributed by atoms with E-state index in [1.165, 1.54) is 6.26 Å². The van der Waals surface area contributed by atoms with Gasteiger partial charge in [-0.1, -0.05) is 12.1 Å². The largest absolute Gasteiger partial charge is 0.375 e. The minimum Gasteiger partial charge on any atom is -0.375 e. The molecule has 0 spiro atoms. The molecule has 1 amide bonds. The van der Waals surface area contributed by atoms with Gasteiger partial charge in [0.2, 0.25) is 5.91 Å². The van der Waals surface area contributed by atoms with Gasteiger partial charge in [-0.05, 0) is 24.6 Å². The van der Waals surface area contributed by atoms with E-state index >= 15 is 0 Å². The maximum atomic E-state index is 12.2. The fourth-order valence-electron chi connectivity index (χ4n) is 2.29. The van der Waals surface area contributed by atoms with E-state index in [2.05, 4.69) is 10.6 Å². The lowest BCUT2D eigenvalue weighted by molar-refractivity contribution is -0.123. The Hall–Kier alpha value is -1.44. The number of sulfone groups is 1. The van der Waals surface area contributed by atoms with Crippen LogP contribution in [-0.4, -0.2) is 45.9 Å². The summed E-state index contributed by atoms with van der Waals surface area (Å²) in [6, 6.07) is 6.45. The quantitative estimate of drug-likeness (QED) is 0.848. The van der Waals surface area contributed by atoms with Crippen LogP contribution in [0, 0.1) is 0 Å². The molecule has 1 aromatic carbocycles. The van der Waals surface area contributed by atoms with E-state index in [1.54, 1.807) is 24.3 Å². The highest BCUT2D eigenvalue weighted by Crippen LogP contribution is 2.14. The highest BCUT2D eigenvalue weighted by molar-refractivity contribution is 7.89. The number of benzene rings is 1. The van der Waals surface area contributed by atoms with E-state index in [9.17, 15) is 13.2 Å². The first kappa shape index (κ1) is 15.9. The van der Waals surface area contributed by atoms with Gasteiger partial charge in [0.25, 0.3) is 0 Å². The van der Waals surface area contributed by atoms with Crippen molar-refractivity contribution in [3.05, 3.63) is 29.8 Å². The van der Waals surface area contributed by atoms with Crippen molar-refractivity contribution in [1.29, 1.82) is 0 Å². The highest BCUT2D eigenvalue weighted by Gasteiger charge is 2.28. The predicted molar refractivity (Wildman–Crippen MR) is 80.8 cm³/mol. The average Bonchev–Trinajstić information content (AvgIpc) is 2.37. The molecule has 1 aromatic rings. The minimum absolute atomic E-state index is 0.0437. The summed E-state index contributed by atoms with van der Waals surface area (Å²) in [7, 11) is -3.10. The van der Waals surface area contributed by atoms with E-state index in [4.69, 9.17) is 4.74 Å². The lowest BCUT2D eigenvalue weighted by atomic mass is 10.1. The van der Waals surface area contributed by atoms with Crippen molar-refractivity contribution < 1.29 is 17.9 Å². The van der Waals surface area contributed by atoms with E-state index < -0.39 is 15.9 Å². The molecule has 2 atom stereocenters. The number of amides is 1. The van der Waals surface area contributed by atoms with Crippen LogP contribution in [0.2, 0.25) is 0 Å². The van der Waals surface area contributed by atoms with Gasteiger partial charge >= 0.3 is 0 Å². The molecule has 7 heteroatoms. The molecule has 0 unspecified atom stereocenters. The Morgan fingerprint density at radius 3 is 2.90 bits per heavy atom. The Bertz CT molecular complexity index is 615. The van der Waals surface area contributed by atoms with E-state index in [-0.39, 0.29) is 17.8 Å². The molecule has 21 heavy (non-hydrogen) atoms. The van der Waals surface area contributed by atoms with Gasteiger partial charge in [-0.25, -0.2) is 8.42 Å². The van der Waals surface area contributed by atoms with Crippen molar-refractivity contribution >= 4 is 21.4 Å². The number of hydrogen-bond acceptors (Lipinski definition) is 5. The second-order valence-corrected chi connectivity index (χ2v) is 7.41. The van der Waals surface area contributed by atoms with Crippen molar-refractivity contribution in [2.24, 2.45) is 0 Å². The van der Waals surface area contributed by atoms with Crippen LogP contribution < -0.4 is 10.6 Å². The number of anilines is 1. The molecule has 0 aromatic heterocycles.